The maximum atomic E-state index is 13.0. The summed E-state index contributed by atoms with van der Waals surface area (Å²) in [6.45, 7) is 10.2. The number of rotatable bonds is 4. The Bertz CT molecular complexity index is 2710. The number of benzene rings is 2. The zero-order valence-electron chi connectivity index (χ0n) is 37.4. The van der Waals surface area contributed by atoms with E-state index >= 15 is 0 Å². The number of amides is 5. The first-order valence-corrected chi connectivity index (χ1v) is 22.1. The summed E-state index contributed by atoms with van der Waals surface area (Å²) in [5, 5.41) is 22.8. The highest BCUT2D eigenvalue weighted by Gasteiger charge is 2.37. The molecule has 1 aliphatic heterocycles. The van der Waals surface area contributed by atoms with E-state index in [0.29, 0.717) is 24.7 Å². The lowest BCUT2D eigenvalue weighted by atomic mass is 9.73. The maximum absolute atomic E-state index is 13.0. The molecule has 15 nitrogen and oxygen atoms in total. The van der Waals surface area contributed by atoms with Gasteiger partial charge in [0.25, 0.3) is 11.8 Å². The van der Waals surface area contributed by atoms with E-state index in [4.69, 9.17) is 11.6 Å². The summed E-state index contributed by atoms with van der Waals surface area (Å²) in [6, 6.07) is 12.1. The first-order valence-electron chi connectivity index (χ1n) is 21.7. The quantitative estimate of drug-likeness (QED) is 0.0772. The molecule has 6 N–H and O–H groups in total. The number of likely N-dealkylation sites (tertiary alicyclic amines) is 1. The van der Waals surface area contributed by atoms with Crippen molar-refractivity contribution in [2.75, 3.05) is 41.3 Å². The minimum Gasteiger partial charge on any atom is -0.353 e. The molecule has 6 aromatic rings. The van der Waals surface area contributed by atoms with Crippen LogP contribution in [0.5, 0.6) is 0 Å². The van der Waals surface area contributed by atoms with Gasteiger partial charge in [0.2, 0.25) is 0 Å². The molecule has 16 heteroatoms. The molecule has 2 aromatic carbocycles. The van der Waals surface area contributed by atoms with Crippen molar-refractivity contribution in [3.8, 4) is 22.8 Å². The van der Waals surface area contributed by atoms with E-state index in [1.54, 1.807) is 38.0 Å². The predicted octanol–water partition coefficient (Wildman–Crippen LogP) is 7.85. The van der Waals surface area contributed by atoms with Gasteiger partial charge in [0.1, 0.15) is 0 Å². The Kier molecular flexibility index (Phi) is 11.7. The van der Waals surface area contributed by atoms with Crippen molar-refractivity contribution in [2.24, 2.45) is 0 Å². The summed E-state index contributed by atoms with van der Waals surface area (Å²) in [5.74, 6) is -0.0542. The molecular weight excluding hydrogens is 818 g/mol. The normalized spacial score (nSPS) is 17.9. The second kappa shape index (κ2) is 16.9. The van der Waals surface area contributed by atoms with Crippen molar-refractivity contribution in [3.63, 3.8) is 0 Å². The van der Waals surface area contributed by atoms with Crippen LogP contribution in [0.2, 0.25) is 0 Å². The second-order valence-electron chi connectivity index (χ2n) is 19.1. The zero-order chi connectivity index (χ0) is 45.0. The lowest BCUT2D eigenvalue weighted by molar-refractivity contribution is 0.0929. The minimum atomic E-state index is -0.435. The van der Waals surface area contributed by atoms with Crippen molar-refractivity contribution in [2.45, 2.75) is 95.6 Å². The van der Waals surface area contributed by atoms with Crippen molar-refractivity contribution in [1.82, 2.24) is 55.7 Å². The average Bonchev–Trinajstić information content (AvgIpc) is 4.09. The van der Waals surface area contributed by atoms with E-state index < -0.39 is 5.37 Å². The Labute approximate surface area is 372 Å². The molecule has 10 rings (SSSR count). The lowest BCUT2D eigenvalue weighted by Gasteiger charge is -2.30. The van der Waals surface area contributed by atoms with E-state index in [0.717, 1.165) is 82.2 Å². The Balaban J connectivity index is 0.000000155. The van der Waals surface area contributed by atoms with Crippen molar-refractivity contribution >= 4 is 56.6 Å². The molecular formula is C47H58ClN11O4. The molecule has 0 spiro atoms. The maximum Gasteiger partial charge on any atom is 0.319 e. The van der Waals surface area contributed by atoms with Crippen LogP contribution in [-0.4, -0.2) is 122 Å². The van der Waals surface area contributed by atoms with E-state index in [1.807, 2.05) is 42.7 Å². The molecule has 332 valence electrons. The Hall–Kier alpha value is -6.09. The smallest absolute Gasteiger partial charge is 0.319 e. The third-order valence-corrected chi connectivity index (χ3v) is 13.2. The monoisotopic (exact) mass is 875 g/mol. The highest BCUT2D eigenvalue weighted by Crippen LogP contribution is 2.47. The highest BCUT2D eigenvalue weighted by molar-refractivity contribution is 6.62. The van der Waals surface area contributed by atoms with Gasteiger partial charge >= 0.3 is 11.4 Å². The van der Waals surface area contributed by atoms with Gasteiger partial charge in [0.05, 0.1) is 35.2 Å². The number of H-pyrrole nitrogens is 4. The van der Waals surface area contributed by atoms with Gasteiger partial charge in [-0.15, -0.1) is 0 Å². The lowest BCUT2D eigenvalue weighted by Crippen LogP contribution is -2.41. The highest BCUT2D eigenvalue weighted by atomic mass is 35.5. The predicted molar refractivity (Wildman–Crippen MR) is 246 cm³/mol. The van der Waals surface area contributed by atoms with Gasteiger partial charge in [-0.05, 0) is 102 Å². The molecule has 4 aliphatic rings. The molecule has 1 atom stereocenters. The van der Waals surface area contributed by atoms with Crippen molar-refractivity contribution < 1.29 is 19.2 Å². The number of carbonyl (C=O) groups excluding carboxylic acids is 4. The fraction of sp³-hybridized carbons (Fsp3) is 0.447. The van der Waals surface area contributed by atoms with Crippen LogP contribution in [0.25, 0.3) is 44.6 Å². The molecule has 5 heterocycles. The van der Waals surface area contributed by atoms with Crippen LogP contribution in [0, 0.1) is 0 Å². The van der Waals surface area contributed by atoms with Crippen LogP contribution in [0.4, 0.5) is 9.59 Å². The first kappa shape index (κ1) is 43.6. The van der Waals surface area contributed by atoms with Crippen LogP contribution in [0.1, 0.15) is 103 Å². The Morgan fingerprint density at radius 1 is 0.683 bits per heavy atom. The van der Waals surface area contributed by atoms with Crippen LogP contribution >= 0.6 is 11.6 Å². The number of fused-ring (bicyclic) bond motifs is 10. The van der Waals surface area contributed by atoms with Crippen LogP contribution in [0.15, 0.2) is 48.8 Å². The van der Waals surface area contributed by atoms with Gasteiger partial charge in [-0.25, -0.2) is 4.79 Å². The number of urea groups is 1. The SMILES string of the molecule is CC1(C)Cc2cn[nH]c2-c2[nH]c3ccc(C(=O)NC4CCCC4)cc3c21.CN(C)C(=O)Cl.CN(C)C(=O)N1CCC(NC(=O)c2ccc3[nH]c4c(c3c2)C(C)(C)Cc2cn[nH]c2-4)C1. The number of hydrogen-bond acceptors (Lipinski definition) is 6. The molecule has 1 unspecified atom stereocenters. The standard InChI is InChI=1S/C23H28N6O2.C21H24N4O.C3H6ClNO/c1-23(2)10-14-11-24-27-19(14)20-18(23)16-9-13(5-6-17(16)26-20)21(30)25-15-7-8-29(12-15)22(31)28(3)4;1-21(2)10-13-11-22-25-18(13)19-17(21)15-9-12(7-8-16(15)24-19)20(26)23-14-5-3-4-6-14;1-5(2)3(4)6/h5-6,9,11,15,26H,7-8,10,12H2,1-4H3,(H,24,27)(H,25,30);7-9,11,14,24H,3-6,10H2,1-2H3,(H,22,25)(H,23,26);1-2H3. The number of aromatic amines is 4. The molecule has 3 aliphatic carbocycles. The summed E-state index contributed by atoms with van der Waals surface area (Å²) in [5.41, 5.74) is 12.6. The topological polar surface area (TPSA) is 191 Å². The number of hydrogen-bond donors (Lipinski definition) is 6. The number of nitrogens with zero attached hydrogens (tertiary/aromatic N) is 5. The number of carbonyl (C=O) groups is 4. The van der Waals surface area contributed by atoms with E-state index in [1.165, 1.54) is 40.0 Å². The van der Waals surface area contributed by atoms with Gasteiger partial charge in [0, 0.05) is 97.4 Å². The number of nitrogens with one attached hydrogen (secondary N) is 6. The number of halogens is 1. The summed E-state index contributed by atoms with van der Waals surface area (Å²) in [6.07, 6.45) is 11.1. The Morgan fingerprint density at radius 2 is 1.14 bits per heavy atom. The van der Waals surface area contributed by atoms with Crippen molar-refractivity contribution in [3.05, 3.63) is 82.2 Å². The molecule has 0 bridgehead atoms. The molecule has 1 saturated carbocycles. The molecule has 1 saturated heterocycles. The minimum absolute atomic E-state index is 0.00892. The average molecular weight is 877 g/mol. The van der Waals surface area contributed by atoms with Gasteiger partial charge in [-0.1, -0.05) is 40.5 Å². The summed E-state index contributed by atoms with van der Waals surface area (Å²) in [7, 11) is 6.67. The summed E-state index contributed by atoms with van der Waals surface area (Å²) < 4.78 is 0. The molecule has 2 fully saturated rings. The fourth-order valence-electron chi connectivity index (χ4n) is 9.84. The first-order chi connectivity index (χ1) is 29.9. The molecule has 0 radical (unpaired) electrons. The van der Waals surface area contributed by atoms with E-state index in [2.05, 4.69) is 74.8 Å². The van der Waals surface area contributed by atoms with Crippen LogP contribution in [-0.2, 0) is 23.7 Å². The van der Waals surface area contributed by atoms with E-state index in [-0.39, 0.29) is 34.7 Å². The van der Waals surface area contributed by atoms with Gasteiger partial charge in [-0.3, -0.25) is 24.6 Å². The molecule has 5 amide bonds. The molecule has 4 aromatic heterocycles. The summed E-state index contributed by atoms with van der Waals surface area (Å²) in [4.78, 5) is 59.4. The number of aromatic nitrogens is 6. The van der Waals surface area contributed by atoms with E-state index in [9.17, 15) is 19.2 Å². The van der Waals surface area contributed by atoms with Gasteiger partial charge < -0.3 is 35.3 Å². The Morgan fingerprint density at radius 3 is 1.59 bits per heavy atom. The van der Waals surface area contributed by atoms with Crippen LogP contribution < -0.4 is 10.6 Å². The fourth-order valence-corrected chi connectivity index (χ4v) is 9.84. The molecule has 63 heavy (non-hydrogen) atoms. The zero-order valence-corrected chi connectivity index (χ0v) is 38.1. The third kappa shape index (κ3) is 8.54. The van der Waals surface area contributed by atoms with Gasteiger partial charge in [0.15, 0.2) is 0 Å². The second-order valence-corrected chi connectivity index (χ2v) is 19.4. The van der Waals surface area contributed by atoms with Crippen molar-refractivity contribution in [1.29, 1.82) is 0 Å². The summed E-state index contributed by atoms with van der Waals surface area (Å²) >= 11 is 4.90. The van der Waals surface area contributed by atoms with Gasteiger partial charge in [-0.2, -0.15) is 10.2 Å². The third-order valence-electron chi connectivity index (χ3n) is 12.9. The van der Waals surface area contributed by atoms with Crippen LogP contribution in [0.3, 0.4) is 0 Å². The largest absolute Gasteiger partial charge is 0.353 e.